The highest BCUT2D eigenvalue weighted by Crippen LogP contribution is 2.30. The Morgan fingerprint density at radius 2 is 1.73 bits per heavy atom. The first-order valence-corrected chi connectivity index (χ1v) is 12.0. The minimum atomic E-state index is -0.166. The summed E-state index contributed by atoms with van der Waals surface area (Å²) in [5.41, 5.74) is 6.03. The molecule has 0 aliphatic carbocycles. The smallest absolute Gasteiger partial charge is 0.242 e. The first-order valence-electron chi connectivity index (χ1n) is 12.0. The van der Waals surface area contributed by atoms with Gasteiger partial charge in [0.2, 0.25) is 5.91 Å². The van der Waals surface area contributed by atoms with Crippen LogP contribution in [0.15, 0.2) is 102 Å². The lowest BCUT2D eigenvalue weighted by molar-refractivity contribution is -0.121. The van der Waals surface area contributed by atoms with E-state index in [1.54, 1.807) is 17.1 Å². The fourth-order valence-electron chi connectivity index (χ4n) is 4.51. The molecule has 0 fully saturated rings. The van der Waals surface area contributed by atoms with Crippen molar-refractivity contribution >= 4 is 16.9 Å². The number of nitrogens with zero attached hydrogens (tertiary/aromatic N) is 5. The van der Waals surface area contributed by atoms with Crippen LogP contribution in [-0.4, -0.2) is 30.5 Å². The standard InChI is InChI=1S/C29H24N6O2/c1-20-27-24(25-13-8-16-37-25)14-15-30-29(27)35(32-20)19-26(36)31-17-22-18-34(23-11-6-3-7-12-23)33-28(22)21-9-4-2-5-10-21/h2-16,18H,17,19H2,1H3,(H,31,36). The minimum absolute atomic E-state index is 0.0481. The summed E-state index contributed by atoms with van der Waals surface area (Å²) in [6.07, 6.45) is 5.31. The zero-order valence-electron chi connectivity index (χ0n) is 20.2. The fraction of sp³-hybridized carbons (Fsp3) is 0.103. The quantitative estimate of drug-likeness (QED) is 0.335. The molecule has 6 rings (SSSR count). The monoisotopic (exact) mass is 488 g/mol. The van der Waals surface area contributed by atoms with E-state index in [2.05, 4.69) is 15.4 Å². The van der Waals surface area contributed by atoms with E-state index in [4.69, 9.17) is 9.52 Å². The molecule has 6 aromatic rings. The van der Waals surface area contributed by atoms with Crippen LogP contribution in [0.3, 0.4) is 0 Å². The van der Waals surface area contributed by atoms with Crippen LogP contribution >= 0.6 is 0 Å². The third-order valence-corrected chi connectivity index (χ3v) is 6.22. The van der Waals surface area contributed by atoms with E-state index in [1.807, 2.05) is 96.7 Å². The van der Waals surface area contributed by atoms with Crippen molar-refractivity contribution in [3.05, 3.63) is 109 Å². The topological polar surface area (TPSA) is 90.8 Å². The Morgan fingerprint density at radius 3 is 2.49 bits per heavy atom. The summed E-state index contributed by atoms with van der Waals surface area (Å²) >= 11 is 0. The number of nitrogens with one attached hydrogen (secondary N) is 1. The van der Waals surface area contributed by atoms with Crippen LogP contribution in [0.1, 0.15) is 11.3 Å². The Kier molecular flexibility index (Phi) is 5.82. The Morgan fingerprint density at radius 1 is 0.946 bits per heavy atom. The molecular formula is C29H24N6O2. The second-order valence-corrected chi connectivity index (χ2v) is 8.70. The SMILES string of the molecule is Cc1nn(CC(=O)NCc2cn(-c3ccccc3)nc2-c2ccccc2)c2nccc(-c3ccco3)c12. The zero-order chi connectivity index (χ0) is 25.2. The lowest BCUT2D eigenvalue weighted by Crippen LogP contribution is -2.27. The molecule has 0 saturated heterocycles. The molecule has 4 heterocycles. The Bertz CT molecular complexity index is 1670. The predicted octanol–water partition coefficient (Wildman–Crippen LogP) is 5.17. The van der Waals surface area contributed by atoms with E-state index in [-0.39, 0.29) is 12.5 Å². The number of rotatable bonds is 7. The molecular weight excluding hydrogens is 464 g/mol. The van der Waals surface area contributed by atoms with Crippen LogP contribution in [0.25, 0.3) is 39.3 Å². The van der Waals surface area contributed by atoms with Gasteiger partial charge in [-0.1, -0.05) is 48.5 Å². The number of benzene rings is 2. The predicted molar refractivity (Wildman–Crippen MR) is 141 cm³/mol. The average molecular weight is 489 g/mol. The van der Waals surface area contributed by atoms with Crippen molar-refractivity contribution in [3.8, 4) is 28.3 Å². The fourth-order valence-corrected chi connectivity index (χ4v) is 4.51. The Hall–Kier alpha value is -4.98. The molecule has 37 heavy (non-hydrogen) atoms. The highest BCUT2D eigenvalue weighted by Gasteiger charge is 2.18. The Balaban J connectivity index is 1.25. The van der Waals surface area contributed by atoms with Crippen molar-refractivity contribution < 1.29 is 9.21 Å². The largest absolute Gasteiger partial charge is 0.464 e. The third-order valence-electron chi connectivity index (χ3n) is 6.22. The maximum Gasteiger partial charge on any atom is 0.242 e. The van der Waals surface area contributed by atoms with Gasteiger partial charge in [0.15, 0.2) is 5.65 Å². The van der Waals surface area contributed by atoms with Crippen molar-refractivity contribution in [3.63, 3.8) is 0 Å². The highest BCUT2D eigenvalue weighted by atomic mass is 16.3. The minimum Gasteiger partial charge on any atom is -0.464 e. The van der Waals surface area contributed by atoms with E-state index in [1.165, 1.54) is 0 Å². The van der Waals surface area contributed by atoms with Crippen molar-refractivity contribution in [1.82, 2.24) is 29.9 Å². The van der Waals surface area contributed by atoms with Gasteiger partial charge in [0.25, 0.3) is 0 Å². The molecule has 0 radical (unpaired) electrons. The number of fused-ring (bicyclic) bond motifs is 1. The highest BCUT2D eigenvalue weighted by molar-refractivity contribution is 5.93. The van der Waals surface area contributed by atoms with Crippen LogP contribution in [0.4, 0.5) is 0 Å². The lowest BCUT2D eigenvalue weighted by Gasteiger charge is -2.07. The maximum atomic E-state index is 13.0. The average Bonchev–Trinajstić information content (AvgIpc) is 3.69. The van der Waals surface area contributed by atoms with Gasteiger partial charge in [0.05, 0.1) is 28.7 Å². The number of aryl methyl sites for hydroxylation is 1. The number of hydrogen-bond donors (Lipinski definition) is 1. The van der Waals surface area contributed by atoms with Gasteiger partial charge in [-0.25, -0.2) is 14.3 Å². The molecule has 0 bridgehead atoms. The summed E-state index contributed by atoms with van der Waals surface area (Å²) in [7, 11) is 0. The molecule has 0 atom stereocenters. The van der Waals surface area contributed by atoms with Crippen LogP contribution in [0.2, 0.25) is 0 Å². The summed E-state index contributed by atoms with van der Waals surface area (Å²) in [4.78, 5) is 17.5. The van der Waals surface area contributed by atoms with Gasteiger partial charge < -0.3 is 9.73 Å². The summed E-state index contributed by atoms with van der Waals surface area (Å²) < 4.78 is 9.07. The van der Waals surface area contributed by atoms with E-state index in [9.17, 15) is 4.79 Å². The normalized spacial score (nSPS) is 11.2. The van der Waals surface area contributed by atoms with Gasteiger partial charge in [0.1, 0.15) is 12.3 Å². The number of amides is 1. The number of para-hydroxylation sites is 1. The molecule has 4 aromatic heterocycles. The van der Waals surface area contributed by atoms with Crippen molar-refractivity contribution in [1.29, 1.82) is 0 Å². The van der Waals surface area contributed by atoms with Crippen molar-refractivity contribution in [2.24, 2.45) is 0 Å². The molecule has 2 aromatic carbocycles. The van der Waals surface area contributed by atoms with Gasteiger partial charge in [-0.2, -0.15) is 10.2 Å². The molecule has 8 heteroatoms. The number of hydrogen-bond acceptors (Lipinski definition) is 5. The lowest BCUT2D eigenvalue weighted by atomic mass is 10.1. The number of furan rings is 1. The van der Waals surface area contributed by atoms with E-state index in [0.29, 0.717) is 12.2 Å². The number of carbonyl (C=O) groups is 1. The molecule has 0 unspecified atom stereocenters. The van der Waals surface area contributed by atoms with Gasteiger partial charge in [-0.3, -0.25) is 4.79 Å². The molecule has 1 N–H and O–H groups in total. The molecule has 8 nitrogen and oxygen atoms in total. The maximum absolute atomic E-state index is 13.0. The van der Waals surface area contributed by atoms with Gasteiger partial charge in [-0.05, 0) is 37.3 Å². The molecule has 0 spiro atoms. The van der Waals surface area contributed by atoms with Crippen LogP contribution in [0, 0.1) is 6.92 Å². The first-order chi connectivity index (χ1) is 18.2. The molecule has 1 amide bonds. The van der Waals surface area contributed by atoms with Crippen LogP contribution in [-0.2, 0) is 17.9 Å². The van der Waals surface area contributed by atoms with Crippen LogP contribution in [0.5, 0.6) is 0 Å². The van der Waals surface area contributed by atoms with Gasteiger partial charge in [-0.15, -0.1) is 0 Å². The number of carbonyl (C=O) groups excluding carboxylic acids is 1. The van der Waals surface area contributed by atoms with Crippen molar-refractivity contribution in [2.75, 3.05) is 0 Å². The summed E-state index contributed by atoms with van der Waals surface area (Å²) in [6, 6.07) is 25.5. The summed E-state index contributed by atoms with van der Waals surface area (Å²) in [6.45, 7) is 2.29. The molecule has 0 aliphatic rings. The first kappa shape index (κ1) is 22.5. The Labute approximate surface area is 213 Å². The summed E-state index contributed by atoms with van der Waals surface area (Å²) in [5.74, 6) is 0.574. The van der Waals surface area contributed by atoms with E-state index < -0.39 is 0 Å². The number of pyridine rings is 1. The van der Waals surface area contributed by atoms with Gasteiger partial charge in [0, 0.05) is 35.6 Å². The molecule has 0 saturated carbocycles. The van der Waals surface area contributed by atoms with Gasteiger partial charge >= 0.3 is 0 Å². The number of aromatic nitrogens is 5. The second kappa shape index (κ2) is 9.58. The molecule has 182 valence electrons. The van der Waals surface area contributed by atoms with E-state index >= 15 is 0 Å². The van der Waals surface area contributed by atoms with E-state index in [0.717, 1.165) is 44.9 Å². The second-order valence-electron chi connectivity index (χ2n) is 8.70. The third kappa shape index (κ3) is 4.40. The van der Waals surface area contributed by atoms with Crippen LogP contribution < -0.4 is 5.32 Å². The van der Waals surface area contributed by atoms with Crippen molar-refractivity contribution in [2.45, 2.75) is 20.0 Å². The molecule has 0 aliphatic heterocycles. The summed E-state index contributed by atoms with van der Waals surface area (Å²) in [5, 5.41) is 13.3. The zero-order valence-corrected chi connectivity index (χ0v) is 20.2.